The highest BCUT2D eigenvalue weighted by Crippen LogP contribution is 2.25. The fourth-order valence-electron chi connectivity index (χ4n) is 12.0. The molecule has 20 bridgehead atoms. The number of nitrogens with zero attached hydrogens (tertiary/aromatic N) is 4. The standard InChI is InChI=1S/C90H88N4O10/c1-7-9-11-13-31-99-55-73-35-65-15-19-69-39-75(57-101-61-95-3)47-83(43-69)79-23-27-87(91-51-79)89-29-25-81(53-93-89)85-45-71(41-77(49-85)59-103-63-97-5)21-17-67-34-68(38-74(37-67)56-100-32-14-12-10-8-2)18-22-72-42-78(60-104-64-98-6)50-86(46-72)82-26-30-90(94-54-82)88-28-24-80(52-92-88)84-44-70(20-16-66(33-65)36-73)40-76(48-84)58-102-62-96-4/h23-30,33-54H,7-14,31-32,55-64H2,1-6H3. The lowest BCUT2D eigenvalue weighted by atomic mass is 10.1. The lowest BCUT2D eigenvalue weighted by Gasteiger charge is -2.05. The van der Waals surface area contributed by atoms with Crippen molar-refractivity contribution in [1.29, 1.82) is 0 Å². The smallest absolute Gasteiger partial charge is 0.146 e. The first-order chi connectivity index (χ1) is 51.2. The van der Waals surface area contributed by atoms with E-state index in [1.807, 2.05) is 61.2 Å². The van der Waals surface area contributed by atoms with Crippen LogP contribution >= 0.6 is 0 Å². The predicted molar refractivity (Wildman–Crippen MR) is 415 cm³/mol. The van der Waals surface area contributed by atoms with Crippen molar-refractivity contribution < 1.29 is 47.4 Å². The Morgan fingerprint density at radius 3 is 0.692 bits per heavy atom. The van der Waals surface area contributed by atoms with E-state index < -0.39 is 0 Å². The third kappa shape index (κ3) is 22.9. The van der Waals surface area contributed by atoms with Crippen molar-refractivity contribution in [3.05, 3.63) is 264 Å². The van der Waals surface area contributed by atoms with Crippen LogP contribution in [0.15, 0.2) is 183 Å². The maximum atomic E-state index is 6.27. The molecule has 0 aliphatic rings. The van der Waals surface area contributed by atoms with Gasteiger partial charge in [0.15, 0.2) is 0 Å². The van der Waals surface area contributed by atoms with Gasteiger partial charge in [-0.2, -0.15) is 0 Å². The molecule has 0 unspecified atom stereocenters. The van der Waals surface area contributed by atoms with Gasteiger partial charge >= 0.3 is 0 Å². The molecule has 0 saturated heterocycles. The average Bonchev–Trinajstić information content (AvgIpc) is 0.820. The van der Waals surface area contributed by atoms with E-state index >= 15 is 0 Å². The summed E-state index contributed by atoms with van der Waals surface area (Å²) in [5.41, 5.74) is 8.58. The fraction of sp³-hybridized carbons (Fsp3) is 0.289. The van der Waals surface area contributed by atoms with Crippen molar-refractivity contribution in [2.45, 2.75) is 105 Å². The van der Waals surface area contributed by atoms with Gasteiger partial charge in [-0.25, -0.2) is 0 Å². The Kier molecular flexibility index (Phi) is 28.8. The summed E-state index contributed by atoms with van der Waals surface area (Å²) in [6.07, 6.45) is 16.4. The summed E-state index contributed by atoms with van der Waals surface area (Å²) in [5, 5.41) is 13.8. The molecule has 10 aromatic heterocycles. The van der Waals surface area contributed by atoms with Crippen molar-refractivity contribution in [2.24, 2.45) is 0 Å². The highest BCUT2D eigenvalue weighted by Gasteiger charge is 2.07. The van der Waals surface area contributed by atoms with Crippen molar-refractivity contribution in [1.82, 2.24) is 19.9 Å². The van der Waals surface area contributed by atoms with E-state index in [0.717, 1.165) is 180 Å². The molecule has 0 saturated carbocycles. The van der Waals surface area contributed by atoms with Crippen LogP contribution in [0, 0.1) is 48.5 Å². The van der Waals surface area contributed by atoms with Crippen molar-refractivity contribution in [3.8, 4) is 0 Å². The maximum Gasteiger partial charge on any atom is 0.146 e. The van der Waals surface area contributed by atoms with E-state index in [9.17, 15) is 0 Å². The summed E-state index contributed by atoms with van der Waals surface area (Å²) in [6.45, 7) is 8.47. The molecule has 17 rings (SSSR count). The van der Waals surface area contributed by atoms with Crippen LogP contribution in [-0.4, -0.2) is 88.8 Å². The molecule has 7 aromatic carbocycles. The van der Waals surface area contributed by atoms with Crippen molar-refractivity contribution >= 4 is 108 Å². The zero-order valence-corrected chi connectivity index (χ0v) is 60.3. The van der Waals surface area contributed by atoms with Gasteiger partial charge in [0.05, 0.1) is 61.7 Å². The van der Waals surface area contributed by atoms with Gasteiger partial charge in [-0.1, -0.05) is 125 Å². The number of methoxy groups -OCH3 is 4. The summed E-state index contributed by atoms with van der Waals surface area (Å²) in [5.74, 6) is 0. The second kappa shape index (κ2) is 40.0. The summed E-state index contributed by atoms with van der Waals surface area (Å²) in [6, 6.07) is 81.5. The highest BCUT2D eigenvalue weighted by molar-refractivity contribution is 5.92. The number of hydrogen-bond acceptors (Lipinski definition) is 14. The molecule has 10 heterocycles. The van der Waals surface area contributed by atoms with Crippen LogP contribution in [-0.2, 0) is 87.0 Å². The van der Waals surface area contributed by atoms with Gasteiger partial charge in [0.1, 0.15) is 27.2 Å². The van der Waals surface area contributed by atoms with E-state index in [0.29, 0.717) is 52.9 Å². The molecule has 0 spiro atoms. The van der Waals surface area contributed by atoms with Crippen LogP contribution in [0.3, 0.4) is 0 Å². The summed E-state index contributed by atoms with van der Waals surface area (Å²) in [4.78, 5) is 19.9. The Balaban J connectivity index is 1.09. The maximum absolute atomic E-state index is 6.27. The van der Waals surface area contributed by atoms with Crippen LogP contribution in [0.25, 0.3) is 108 Å². The minimum atomic E-state index is 0.146. The molecule has 0 amide bonds. The number of pyridine rings is 4. The minimum absolute atomic E-state index is 0.146. The molecule has 0 radical (unpaired) electrons. The van der Waals surface area contributed by atoms with E-state index in [2.05, 4.69) is 184 Å². The van der Waals surface area contributed by atoms with Gasteiger partial charge in [0.2, 0.25) is 0 Å². The Hall–Kier alpha value is -10.2. The molecule has 14 nitrogen and oxygen atoms in total. The van der Waals surface area contributed by atoms with Crippen LogP contribution < -0.4 is 0 Å². The second-order valence-corrected chi connectivity index (χ2v) is 25.5. The highest BCUT2D eigenvalue weighted by atomic mass is 16.7. The topological polar surface area (TPSA) is 144 Å². The number of unbranched alkanes of at least 4 members (excludes halogenated alkanes) is 6. The zero-order chi connectivity index (χ0) is 71.9. The van der Waals surface area contributed by atoms with Crippen LogP contribution in [0.2, 0.25) is 0 Å². The first-order valence-corrected chi connectivity index (χ1v) is 35.4. The lowest BCUT2D eigenvalue weighted by Crippen LogP contribution is -1.96. The molecule has 0 aliphatic heterocycles. The zero-order valence-electron chi connectivity index (χ0n) is 60.3. The number of rotatable bonds is 30. The minimum Gasteiger partial charge on any atom is -0.377 e. The van der Waals surface area contributed by atoms with Gasteiger partial charge in [-0.15, -0.1) is 0 Å². The first kappa shape index (κ1) is 74.9. The van der Waals surface area contributed by atoms with Gasteiger partial charge in [0.25, 0.3) is 0 Å². The van der Waals surface area contributed by atoms with Crippen LogP contribution in [0.5, 0.6) is 0 Å². The Morgan fingerprint density at radius 1 is 0.240 bits per heavy atom. The van der Waals surface area contributed by atoms with Crippen molar-refractivity contribution in [2.75, 3.05) is 68.8 Å². The molecule has 528 valence electrons. The van der Waals surface area contributed by atoms with Crippen LogP contribution in [0.4, 0.5) is 0 Å². The SMILES string of the molecule is CCCCCCOCc1cc2c#cc3cc(COCOC)cc(c3)c3ccc(nc3)c3ccc(cn3)c3cc(COCOC)cc(c#cc4cc(COCCCCCC)cc(c#cc5cc(COCOC)cc(c5)c5ccc(nc5)c5ccc(cn5)c5cc(COCOC)cc(c#cc(c1)c2)c5)c4)c3. The second-order valence-electron chi connectivity index (χ2n) is 25.5. The molecular weight excluding hydrogens is 1300 g/mol. The molecule has 0 N–H and O–H groups in total. The van der Waals surface area contributed by atoms with E-state index in [1.54, 1.807) is 28.4 Å². The number of benzene rings is 6. The first-order valence-electron chi connectivity index (χ1n) is 35.4. The van der Waals surface area contributed by atoms with Crippen LogP contribution in [0.1, 0.15) is 98.6 Å². The third-order valence-electron chi connectivity index (χ3n) is 17.0. The number of aromatic nitrogens is 4. The van der Waals surface area contributed by atoms with Gasteiger partial charge in [-0.05, 0) is 201 Å². The molecule has 104 heavy (non-hydrogen) atoms. The van der Waals surface area contributed by atoms with Crippen molar-refractivity contribution in [3.63, 3.8) is 0 Å². The number of ether oxygens (including phenoxy) is 10. The van der Waals surface area contributed by atoms with Gasteiger partial charge in [0, 0.05) is 131 Å². The molecule has 14 heteroatoms. The van der Waals surface area contributed by atoms with E-state index in [-0.39, 0.29) is 27.2 Å². The predicted octanol–water partition coefficient (Wildman–Crippen LogP) is 20.1. The number of hydrogen-bond donors (Lipinski definition) is 0. The Morgan fingerprint density at radius 2 is 0.471 bits per heavy atom. The molecule has 17 aromatic rings. The summed E-state index contributed by atoms with van der Waals surface area (Å²) < 4.78 is 57.2. The largest absolute Gasteiger partial charge is 0.377 e. The monoisotopic (exact) mass is 1380 g/mol. The quantitative estimate of drug-likeness (QED) is 0.0311. The average molecular weight is 1390 g/mol. The molecular formula is C90H88N4O10. The summed E-state index contributed by atoms with van der Waals surface area (Å²) in [7, 11) is 6.45. The third-order valence-corrected chi connectivity index (χ3v) is 17.0. The fourth-order valence-corrected chi connectivity index (χ4v) is 12.0. The Labute approximate surface area is 610 Å². The normalized spacial score (nSPS) is 11.1. The van der Waals surface area contributed by atoms with Gasteiger partial charge in [-0.3, -0.25) is 19.9 Å². The Bertz CT molecular complexity index is 4450. The summed E-state index contributed by atoms with van der Waals surface area (Å²) >= 11 is 0. The lowest BCUT2D eigenvalue weighted by molar-refractivity contribution is -0.0391. The van der Waals surface area contributed by atoms with E-state index in [1.165, 1.54) is 12.8 Å². The van der Waals surface area contributed by atoms with E-state index in [4.69, 9.17) is 67.3 Å². The molecule has 0 aliphatic carbocycles. The molecule has 0 atom stereocenters. The molecule has 0 fully saturated rings. The van der Waals surface area contributed by atoms with Gasteiger partial charge < -0.3 is 47.4 Å².